The van der Waals surface area contributed by atoms with Gasteiger partial charge in [-0.05, 0) is 24.9 Å². The number of likely N-dealkylation sites (N-methyl/N-ethyl adjacent to an activating group) is 1. The molecule has 1 aromatic rings. The molecule has 2 rings (SSSR count). The Bertz CT molecular complexity index is 431. The van der Waals surface area contributed by atoms with Crippen LogP contribution in [-0.2, 0) is 15.1 Å². The first-order valence-corrected chi connectivity index (χ1v) is 7.31. The van der Waals surface area contributed by atoms with E-state index in [2.05, 4.69) is 5.32 Å². The van der Waals surface area contributed by atoms with Crippen LogP contribution in [0.1, 0.15) is 31.2 Å². The number of carbonyl (C=O) groups excluding carboxylic acids is 1. The SMILES string of the molecule is CNC(CCOCCC1CC1)(C(N)=O)c1ccccc1. The normalized spacial score (nSPS) is 17.6. The Morgan fingerprint density at radius 1 is 1.35 bits per heavy atom. The first-order chi connectivity index (χ1) is 9.69. The summed E-state index contributed by atoms with van der Waals surface area (Å²) < 4.78 is 5.67. The minimum atomic E-state index is -0.846. The molecule has 0 aromatic heterocycles. The zero-order valence-corrected chi connectivity index (χ0v) is 12.1. The second-order valence-corrected chi connectivity index (χ2v) is 5.48. The molecule has 1 saturated carbocycles. The Hall–Kier alpha value is -1.39. The number of rotatable bonds is 9. The predicted octanol–water partition coefficient (Wildman–Crippen LogP) is 1.79. The number of ether oxygens (including phenoxy) is 1. The smallest absolute Gasteiger partial charge is 0.242 e. The minimum Gasteiger partial charge on any atom is -0.381 e. The average molecular weight is 276 g/mol. The first-order valence-electron chi connectivity index (χ1n) is 7.31. The molecule has 1 fully saturated rings. The van der Waals surface area contributed by atoms with Crippen LogP contribution in [0.2, 0.25) is 0 Å². The molecule has 1 atom stereocenters. The highest BCUT2D eigenvalue weighted by molar-refractivity contribution is 5.86. The number of hydrogen-bond donors (Lipinski definition) is 2. The molecule has 0 spiro atoms. The van der Waals surface area contributed by atoms with Crippen LogP contribution < -0.4 is 11.1 Å². The summed E-state index contributed by atoms with van der Waals surface area (Å²) in [5.74, 6) is 0.506. The van der Waals surface area contributed by atoms with E-state index in [4.69, 9.17) is 10.5 Å². The number of hydrogen-bond acceptors (Lipinski definition) is 3. The van der Waals surface area contributed by atoms with Crippen molar-refractivity contribution in [2.45, 2.75) is 31.2 Å². The Labute approximate surface area is 120 Å². The molecule has 1 unspecified atom stereocenters. The number of nitrogens with two attached hydrogens (primary N) is 1. The van der Waals surface area contributed by atoms with Crippen LogP contribution >= 0.6 is 0 Å². The molecule has 1 aliphatic carbocycles. The fourth-order valence-electron chi connectivity index (χ4n) is 2.51. The Morgan fingerprint density at radius 3 is 2.60 bits per heavy atom. The van der Waals surface area contributed by atoms with Gasteiger partial charge in [-0.15, -0.1) is 0 Å². The van der Waals surface area contributed by atoms with Gasteiger partial charge in [0.25, 0.3) is 0 Å². The molecule has 1 amide bonds. The fraction of sp³-hybridized carbons (Fsp3) is 0.562. The summed E-state index contributed by atoms with van der Waals surface area (Å²) in [4.78, 5) is 11.9. The lowest BCUT2D eigenvalue weighted by atomic mass is 9.86. The second-order valence-electron chi connectivity index (χ2n) is 5.48. The Kier molecular flexibility index (Phi) is 5.15. The molecule has 1 aliphatic rings. The molecular weight excluding hydrogens is 252 g/mol. The van der Waals surface area contributed by atoms with Gasteiger partial charge in [-0.2, -0.15) is 0 Å². The standard InChI is InChI=1S/C16H24N2O2/c1-18-16(15(17)19,14-5-3-2-4-6-14)10-12-20-11-9-13-7-8-13/h2-6,13,18H,7-12H2,1H3,(H2,17,19). The van der Waals surface area contributed by atoms with Crippen molar-refractivity contribution in [2.75, 3.05) is 20.3 Å². The van der Waals surface area contributed by atoms with E-state index < -0.39 is 5.54 Å². The topological polar surface area (TPSA) is 64.3 Å². The predicted molar refractivity (Wildman–Crippen MR) is 79.2 cm³/mol. The summed E-state index contributed by atoms with van der Waals surface area (Å²) in [6.45, 7) is 1.31. The van der Waals surface area contributed by atoms with E-state index in [0.29, 0.717) is 13.0 Å². The van der Waals surface area contributed by atoms with Crippen LogP contribution in [0, 0.1) is 5.92 Å². The first kappa shape index (κ1) is 15.0. The number of carbonyl (C=O) groups is 1. The highest BCUT2D eigenvalue weighted by Crippen LogP contribution is 2.32. The van der Waals surface area contributed by atoms with Crippen LogP contribution in [0.3, 0.4) is 0 Å². The second kappa shape index (κ2) is 6.86. The van der Waals surface area contributed by atoms with Crippen molar-refractivity contribution in [3.8, 4) is 0 Å². The highest BCUT2D eigenvalue weighted by Gasteiger charge is 2.36. The fourth-order valence-corrected chi connectivity index (χ4v) is 2.51. The van der Waals surface area contributed by atoms with Crippen molar-refractivity contribution in [1.82, 2.24) is 5.32 Å². The van der Waals surface area contributed by atoms with Gasteiger partial charge in [-0.25, -0.2) is 0 Å². The van der Waals surface area contributed by atoms with Gasteiger partial charge in [0.1, 0.15) is 5.54 Å². The third-order valence-corrected chi connectivity index (χ3v) is 4.10. The minimum absolute atomic E-state index is 0.364. The van der Waals surface area contributed by atoms with Crippen molar-refractivity contribution in [2.24, 2.45) is 11.7 Å². The lowest BCUT2D eigenvalue weighted by molar-refractivity contribution is -0.125. The van der Waals surface area contributed by atoms with Crippen LogP contribution in [0.5, 0.6) is 0 Å². The van der Waals surface area contributed by atoms with Gasteiger partial charge < -0.3 is 15.8 Å². The van der Waals surface area contributed by atoms with Crippen LogP contribution in [0.15, 0.2) is 30.3 Å². The zero-order valence-electron chi connectivity index (χ0n) is 12.1. The molecule has 0 bridgehead atoms. The third-order valence-electron chi connectivity index (χ3n) is 4.10. The lowest BCUT2D eigenvalue weighted by Gasteiger charge is -2.30. The van der Waals surface area contributed by atoms with Gasteiger partial charge in [-0.3, -0.25) is 4.79 Å². The number of benzene rings is 1. The van der Waals surface area contributed by atoms with Crippen molar-refractivity contribution in [3.63, 3.8) is 0 Å². The largest absolute Gasteiger partial charge is 0.381 e. The summed E-state index contributed by atoms with van der Waals surface area (Å²) in [7, 11) is 1.77. The average Bonchev–Trinajstić information content (AvgIpc) is 3.28. The van der Waals surface area contributed by atoms with Crippen molar-refractivity contribution in [3.05, 3.63) is 35.9 Å². The number of amides is 1. The van der Waals surface area contributed by atoms with Crippen molar-refractivity contribution >= 4 is 5.91 Å². The van der Waals surface area contributed by atoms with E-state index >= 15 is 0 Å². The van der Waals surface area contributed by atoms with E-state index in [1.54, 1.807) is 7.05 Å². The van der Waals surface area contributed by atoms with E-state index in [-0.39, 0.29) is 5.91 Å². The molecule has 0 heterocycles. The van der Waals surface area contributed by atoms with Gasteiger partial charge in [0.2, 0.25) is 5.91 Å². The van der Waals surface area contributed by atoms with E-state index in [1.807, 2.05) is 30.3 Å². The van der Waals surface area contributed by atoms with Crippen molar-refractivity contribution in [1.29, 1.82) is 0 Å². The molecule has 3 N–H and O–H groups in total. The van der Waals surface area contributed by atoms with Gasteiger partial charge in [-0.1, -0.05) is 43.2 Å². The van der Waals surface area contributed by atoms with Crippen LogP contribution in [0.25, 0.3) is 0 Å². The molecule has 0 aliphatic heterocycles. The van der Waals surface area contributed by atoms with Crippen molar-refractivity contribution < 1.29 is 9.53 Å². The quantitative estimate of drug-likeness (QED) is 0.676. The van der Waals surface area contributed by atoms with Crippen LogP contribution in [-0.4, -0.2) is 26.2 Å². The molecule has 110 valence electrons. The highest BCUT2D eigenvalue weighted by atomic mass is 16.5. The van der Waals surface area contributed by atoms with Crippen LogP contribution in [0.4, 0.5) is 0 Å². The molecule has 0 radical (unpaired) electrons. The van der Waals surface area contributed by atoms with Gasteiger partial charge >= 0.3 is 0 Å². The maximum Gasteiger partial charge on any atom is 0.242 e. The Morgan fingerprint density at radius 2 is 2.05 bits per heavy atom. The number of primary amides is 1. The van der Waals surface area contributed by atoms with Gasteiger partial charge in [0.05, 0.1) is 0 Å². The summed E-state index contributed by atoms with van der Waals surface area (Å²) in [6.07, 6.45) is 4.37. The summed E-state index contributed by atoms with van der Waals surface area (Å²) >= 11 is 0. The number of nitrogens with one attached hydrogen (secondary N) is 1. The Balaban J connectivity index is 1.93. The summed E-state index contributed by atoms with van der Waals surface area (Å²) in [5.41, 5.74) is 5.67. The molecule has 20 heavy (non-hydrogen) atoms. The molecule has 4 nitrogen and oxygen atoms in total. The maximum absolute atomic E-state index is 11.9. The molecule has 4 heteroatoms. The summed E-state index contributed by atoms with van der Waals surface area (Å²) in [6, 6.07) is 9.60. The summed E-state index contributed by atoms with van der Waals surface area (Å²) in [5, 5.41) is 3.09. The molecular formula is C16H24N2O2. The molecule has 0 saturated heterocycles. The monoisotopic (exact) mass is 276 g/mol. The van der Waals surface area contributed by atoms with E-state index in [0.717, 1.165) is 24.5 Å². The lowest BCUT2D eigenvalue weighted by Crippen LogP contribution is -2.51. The van der Waals surface area contributed by atoms with E-state index in [9.17, 15) is 4.79 Å². The van der Waals surface area contributed by atoms with Gasteiger partial charge in [0.15, 0.2) is 0 Å². The third kappa shape index (κ3) is 3.58. The maximum atomic E-state index is 11.9. The molecule has 1 aromatic carbocycles. The van der Waals surface area contributed by atoms with Gasteiger partial charge in [0, 0.05) is 19.6 Å². The zero-order chi connectivity index (χ0) is 14.4. The van der Waals surface area contributed by atoms with E-state index in [1.165, 1.54) is 12.8 Å².